The summed E-state index contributed by atoms with van der Waals surface area (Å²) in [6.45, 7) is 0. The molecule has 25 heavy (non-hydrogen) atoms. The van der Waals surface area contributed by atoms with Crippen LogP contribution < -0.4 is 14.2 Å². The molecule has 1 N–H and O–H groups in total. The fourth-order valence-electron chi connectivity index (χ4n) is 2.40. The lowest BCUT2D eigenvalue weighted by molar-refractivity contribution is -0.286. The Hall–Kier alpha value is -2.75. The second-order valence-electron chi connectivity index (χ2n) is 5.20. The van der Waals surface area contributed by atoms with Crippen molar-refractivity contribution in [2.24, 2.45) is 0 Å². The molecule has 1 unspecified atom stereocenters. The van der Waals surface area contributed by atoms with Crippen LogP contribution in [-0.4, -0.2) is 32.6 Å². The van der Waals surface area contributed by atoms with Crippen molar-refractivity contribution in [3.63, 3.8) is 0 Å². The van der Waals surface area contributed by atoms with E-state index in [1.165, 1.54) is 19.2 Å². The molecule has 0 bridgehead atoms. The van der Waals surface area contributed by atoms with Gasteiger partial charge in [0.05, 0.1) is 40.4 Å². The highest BCUT2D eigenvalue weighted by Gasteiger charge is 2.43. The van der Waals surface area contributed by atoms with Crippen molar-refractivity contribution < 1.29 is 27.2 Å². The van der Waals surface area contributed by atoms with Crippen LogP contribution in [0.15, 0.2) is 35.6 Å². The molecule has 10 heteroatoms. The van der Waals surface area contributed by atoms with Crippen molar-refractivity contribution in [2.75, 3.05) is 7.11 Å². The fraction of sp³-hybridized carbons (Fsp3) is 0.200. The maximum atomic E-state index is 13.1. The van der Waals surface area contributed by atoms with Crippen molar-refractivity contribution in [1.82, 2.24) is 15.0 Å². The van der Waals surface area contributed by atoms with Crippen molar-refractivity contribution in [1.29, 1.82) is 0 Å². The van der Waals surface area contributed by atoms with Gasteiger partial charge in [-0.3, -0.25) is 9.19 Å². The number of alkyl halides is 2. The number of imidazole rings is 1. The summed E-state index contributed by atoms with van der Waals surface area (Å²) in [5.74, 6) is 0.518. The number of aromatic nitrogens is 3. The number of aromatic amines is 1. The van der Waals surface area contributed by atoms with Gasteiger partial charge in [0, 0.05) is 24.4 Å². The quantitative estimate of drug-likeness (QED) is 0.763. The zero-order chi connectivity index (χ0) is 17.6. The largest absolute Gasteiger partial charge is 0.586 e. The van der Waals surface area contributed by atoms with Gasteiger partial charge in [0.2, 0.25) is 0 Å². The zero-order valence-electron chi connectivity index (χ0n) is 12.8. The predicted octanol–water partition coefficient (Wildman–Crippen LogP) is 2.60. The number of hydrogen-bond donors (Lipinski definition) is 1. The Balaban J connectivity index is 1.61. The lowest BCUT2D eigenvalue weighted by Crippen LogP contribution is -2.25. The third-order valence-corrected chi connectivity index (χ3v) is 4.68. The van der Waals surface area contributed by atoms with Crippen molar-refractivity contribution >= 4 is 21.8 Å². The first-order valence-corrected chi connectivity index (χ1v) is 8.42. The summed E-state index contributed by atoms with van der Waals surface area (Å²) in [5, 5.41) is 0.204. The highest BCUT2D eigenvalue weighted by molar-refractivity contribution is 7.84. The number of methoxy groups -OCH3 is 1. The topological polar surface area (TPSA) is 86.3 Å². The van der Waals surface area contributed by atoms with E-state index in [1.54, 1.807) is 18.3 Å². The van der Waals surface area contributed by atoms with E-state index in [1.807, 2.05) is 0 Å². The molecule has 0 saturated heterocycles. The molecule has 1 aromatic carbocycles. The molecule has 4 rings (SSSR count). The third kappa shape index (κ3) is 3.00. The van der Waals surface area contributed by atoms with Gasteiger partial charge in [0.15, 0.2) is 16.7 Å². The van der Waals surface area contributed by atoms with Crippen LogP contribution in [-0.2, 0) is 16.6 Å². The maximum Gasteiger partial charge on any atom is 0.586 e. The van der Waals surface area contributed by atoms with Crippen LogP contribution in [0.4, 0.5) is 8.78 Å². The molecule has 1 atom stereocenters. The molecule has 1 aliphatic heterocycles. The summed E-state index contributed by atoms with van der Waals surface area (Å²) in [4.78, 5) is 11.2. The molecule has 0 amide bonds. The lowest BCUT2D eigenvalue weighted by atomic mass is 10.3. The average molecular weight is 367 g/mol. The summed E-state index contributed by atoms with van der Waals surface area (Å²) in [5.41, 5.74) is 1.34. The van der Waals surface area contributed by atoms with E-state index in [-0.39, 0.29) is 22.4 Å². The molecule has 2 aromatic heterocycles. The third-order valence-electron chi connectivity index (χ3n) is 3.50. The van der Waals surface area contributed by atoms with Gasteiger partial charge in [-0.1, -0.05) is 0 Å². The number of nitrogens with one attached hydrogen (secondary N) is 1. The highest BCUT2D eigenvalue weighted by atomic mass is 32.2. The first-order valence-electron chi connectivity index (χ1n) is 7.10. The Morgan fingerprint density at radius 2 is 2.04 bits per heavy atom. The second-order valence-corrected chi connectivity index (χ2v) is 6.57. The van der Waals surface area contributed by atoms with E-state index in [0.29, 0.717) is 22.5 Å². The van der Waals surface area contributed by atoms with E-state index in [9.17, 15) is 13.0 Å². The van der Waals surface area contributed by atoms with Crippen molar-refractivity contribution in [3.05, 3.63) is 36.2 Å². The first kappa shape index (κ1) is 15.8. The van der Waals surface area contributed by atoms with Gasteiger partial charge in [-0.05, 0) is 6.07 Å². The van der Waals surface area contributed by atoms with E-state index >= 15 is 0 Å². The molecule has 0 aliphatic carbocycles. The first-order chi connectivity index (χ1) is 11.9. The van der Waals surface area contributed by atoms with E-state index in [2.05, 4.69) is 24.4 Å². The Kier molecular flexibility index (Phi) is 3.57. The van der Waals surface area contributed by atoms with Crippen molar-refractivity contribution in [2.45, 2.75) is 17.2 Å². The number of H-pyrrole nitrogens is 1. The summed E-state index contributed by atoms with van der Waals surface area (Å²) < 4.78 is 52.5. The Morgan fingerprint density at radius 3 is 2.80 bits per heavy atom. The summed E-state index contributed by atoms with van der Waals surface area (Å²) in [7, 11) is 0.0257. The summed E-state index contributed by atoms with van der Waals surface area (Å²) >= 11 is 0. The number of pyridine rings is 1. The van der Waals surface area contributed by atoms with Crippen molar-refractivity contribution in [3.8, 4) is 17.2 Å². The van der Waals surface area contributed by atoms with E-state index in [4.69, 9.17) is 4.74 Å². The van der Waals surface area contributed by atoms with Gasteiger partial charge in [-0.15, -0.1) is 8.78 Å². The molecule has 1 aliphatic rings. The Bertz CT molecular complexity index is 947. The lowest BCUT2D eigenvalue weighted by Gasteiger charge is -2.04. The van der Waals surface area contributed by atoms with Gasteiger partial charge >= 0.3 is 6.29 Å². The van der Waals surface area contributed by atoms with Crippen LogP contribution in [0.2, 0.25) is 0 Å². The number of benzene rings is 1. The molecule has 130 valence electrons. The standard InChI is InChI=1S/C15H11F2N3O4S/c1-22-9-2-3-18-8(4-9)7-25(21)14-19-10-5-12-13(6-11(10)20-14)24-15(16,17)23-12/h2-6H,7H2,1H3,(H,19,20). The summed E-state index contributed by atoms with van der Waals surface area (Å²) in [6, 6.07) is 6.01. The minimum atomic E-state index is -3.69. The van der Waals surface area contributed by atoms with Gasteiger partial charge in [-0.2, -0.15) is 0 Å². The minimum absolute atomic E-state index is 0.104. The number of hydrogen-bond acceptors (Lipinski definition) is 6. The number of halogens is 2. The minimum Gasteiger partial charge on any atom is -0.497 e. The van der Waals surface area contributed by atoms with Gasteiger partial charge < -0.3 is 19.2 Å². The zero-order valence-corrected chi connectivity index (χ0v) is 13.6. The molecule has 7 nitrogen and oxygen atoms in total. The van der Waals surface area contributed by atoms with Gasteiger partial charge in [0.1, 0.15) is 5.75 Å². The smallest absolute Gasteiger partial charge is 0.497 e. The monoisotopic (exact) mass is 367 g/mol. The molecular weight excluding hydrogens is 356 g/mol. The fourth-order valence-corrected chi connectivity index (χ4v) is 3.39. The molecule has 0 fully saturated rings. The van der Waals surface area contributed by atoms with Crippen LogP contribution in [0.1, 0.15) is 5.69 Å². The number of rotatable bonds is 4. The van der Waals surface area contributed by atoms with Gasteiger partial charge in [-0.25, -0.2) is 4.98 Å². The maximum absolute atomic E-state index is 13.1. The summed E-state index contributed by atoms with van der Waals surface area (Å²) in [6.07, 6.45) is -2.13. The number of nitrogens with zero attached hydrogens (tertiary/aromatic N) is 2. The number of ether oxygens (including phenoxy) is 3. The van der Waals surface area contributed by atoms with Gasteiger partial charge in [0.25, 0.3) is 0 Å². The Labute approximate surface area is 142 Å². The van der Waals surface area contributed by atoms with E-state index in [0.717, 1.165) is 0 Å². The molecule has 3 heterocycles. The molecule has 3 aromatic rings. The normalized spacial score (nSPS) is 16.1. The average Bonchev–Trinajstić information content (AvgIpc) is 3.10. The second kappa shape index (κ2) is 5.66. The molecular formula is C15H11F2N3O4S. The molecule has 0 saturated carbocycles. The number of fused-ring (bicyclic) bond motifs is 2. The van der Waals surface area contributed by atoms with Crippen LogP contribution in [0.25, 0.3) is 11.0 Å². The molecule has 0 radical (unpaired) electrons. The van der Waals surface area contributed by atoms with Crippen LogP contribution >= 0.6 is 0 Å². The molecule has 0 spiro atoms. The Morgan fingerprint density at radius 1 is 1.28 bits per heavy atom. The SMILES string of the molecule is COc1ccnc(CS(=O)c2nc3cc4c(cc3[nH]2)OC(F)(F)O4)c1. The predicted molar refractivity (Wildman–Crippen MR) is 83.2 cm³/mol. The van der Waals surface area contributed by atoms with E-state index < -0.39 is 17.1 Å². The van der Waals surface area contributed by atoms with Crippen LogP contribution in [0, 0.1) is 0 Å². The highest BCUT2D eigenvalue weighted by Crippen LogP contribution is 2.42. The van der Waals surface area contributed by atoms with Crippen LogP contribution in [0.5, 0.6) is 17.2 Å². The van der Waals surface area contributed by atoms with Crippen LogP contribution in [0.3, 0.4) is 0 Å².